The molecule has 0 aliphatic heterocycles. The molecule has 7 heteroatoms. The minimum atomic E-state index is -0.572. The number of hydrogen-bond donors (Lipinski definition) is 1. The molecule has 0 aliphatic rings. The highest BCUT2D eigenvalue weighted by Gasteiger charge is 2.12. The van der Waals surface area contributed by atoms with Crippen molar-refractivity contribution in [2.24, 2.45) is 0 Å². The topological polar surface area (TPSA) is 62.1 Å². The molecular weight excluding hydrogens is 487 g/mol. The summed E-state index contributed by atoms with van der Waals surface area (Å²) in [6.07, 6.45) is 1.49. The second-order valence-corrected chi connectivity index (χ2v) is 7.99. The van der Waals surface area contributed by atoms with Gasteiger partial charge in [-0.1, -0.05) is 63.4 Å². The van der Waals surface area contributed by atoms with Crippen molar-refractivity contribution >= 4 is 56.8 Å². The van der Waals surface area contributed by atoms with E-state index < -0.39 is 5.91 Å². The largest absolute Gasteiger partial charge is 0.489 e. The fourth-order valence-electron chi connectivity index (χ4n) is 2.51. The first-order valence-electron chi connectivity index (χ1n) is 8.80. The number of carbonyl (C=O) groups is 1. The summed E-state index contributed by atoms with van der Waals surface area (Å²) in [7, 11) is 0. The molecule has 150 valence electrons. The Balaban J connectivity index is 1.66. The molecule has 1 amide bonds. The zero-order chi connectivity index (χ0) is 21.5. The van der Waals surface area contributed by atoms with Gasteiger partial charge in [-0.2, -0.15) is 5.26 Å². The van der Waals surface area contributed by atoms with Crippen molar-refractivity contribution in [2.45, 2.75) is 6.61 Å². The summed E-state index contributed by atoms with van der Waals surface area (Å²) < 4.78 is 6.77. The van der Waals surface area contributed by atoms with Crippen LogP contribution in [0.1, 0.15) is 11.1 Å². The van der Waals surface area contributed by atoms with Gasteiger partial charge in [-0.25, -0.2) is 0 Å². The third-order valence-corrected chi connectivity index (χ3v) is 5.14. The molecule has 0 unspecified atom stereocenters. The molecule has 3 rings (SSSR count). The van der Waals surface area contributed by atoms with Crippen LogP contribution in [0, 0.1) is 11.3 Å². The number of carbonyl (C=O) groups excluding carboxylic acids is 1. The van der Waals surface area contributed by atoms with E-state index in [0.29, 0.717) is 33.7 Å². The Morgan fingerprint density at radius 1 is 1.07 bits per heavy atom. The summed E-state index contributed by atoms with van der Waals surface area (Å²) in [5.74, 6) is 0.112. The minimum Gasteiger partial charge on any atom is -0.489 e. The Morgan fingerprint density at radius 3 is 2.43 bits per heavy atom. The quantitative estimate of drug-likeness (QED) is 0.295. The Labute approximate surface area is 192 Å². The molecular formula is C23H15BrCl2N2O2. The van der Waals surface area contributed by atoms with Crippen LogP contribution in [0.3, 0.4) is 0 Å². The number of nitrogens with one attached hydrogen (secondary N) is 1. The molecule has 1 N–H and O–H groups in total. The maximum absolute atomic E-state index is 12.4. The lowest BCUT2D eigenvalue weighted by atomic mass is 10.1. The van der Waals surface area contributed by atoms with Gasteiger partial charge in [0.05, 0.1) is 10.7 Å². The van der Waals surface area contributed by atoms with Crippen LogP contribution in [0.5, 0.6) is 5.75 Å². The van der Waals surface area contributed by atoms with Crippen molar-refractivity contribution in [2.75, 3.05) is 5.32 Å². The number of amides is 1. The summed E-state index contributed by atoms with van der Waals surface area (Å²) in [6.45, 7) is 0.439. The number of anilines is 1. The summed E-state index contributed by atoms with van der Waals surface area (Å²) in [6, 6.07) is 21.6. The molecule has 3 aromatic rings. The predicted octanol–water partition coefficient (Wildman–Crippen LogP) is 6.88. The van der Waals surface area contributed by atoms with Crippen molar-refractivity contribution in [3.63, 3.8) is 0 Å². The van der Waals surface area contributed by atoms with Crippen LogP contribution in [0.15, 0.2) is 76.8 Å². The molecule has 0 aromatic heterocycles. The number of nitriles is 1. The van der Waals surface area contributed by atoms with E-state index in [2.05, 4.69) is 21.2 Å². The zero-order valence-electron chi connectivity index (χ0n) is 15.5. The Bertz CT molecular complexity index is 1120. The second kappa shape index (κ2) is 10.3. The van der Waals surface area contributed by atoms with Gasteiger partial charge in [0.2, 0.25) is 0 Å². The molecule has 0 spiro atoms. The van der Waals surface area contributed by atoms with Gasteiger partial charge in [-0.15, -0.1) is 0 Å². The van der Waals surface area contributed by atoms with E-state index in [1.165, 1.54) is 12.1 Å². The van der Waals surface area contributed by atoms with E-state index in [0.717, 1.165) is 10.0 Å². The molecule has 0 saturated heterocycles. The average molecular weight is 502 g/mol. The first-order valence-corrected chi connectivity index (χ1v) is 10.3. The predicted molar refractivity (Wildman–Crippen MR) is 124 cm³/mol. The molecule has 0 atom stereocenters. The van der Waals surface area contributed by atoms with E-state index in [-0.39, 0.29) is 5.57 Å². The van der Waals surface area contributed by atoms with E-state index in [4.69, 9.17) is 27.9 Å². The summed E-state index contributed by atoms with van der Waals surface area (Å²) >= 11 is 15.4. The lowest BCUT2D eigenvalue weighted by molar-refractivity contribution is -0.112. The van der Waals surface area contributed by atoms with Crippen molar-refractivity contribution in [1.82, 2.24) is 0 Å². The molecule has 0 radical (unpaired) electrons. The van der Waals surface area contributed by atoms with Gasteiger partial charge in [-0.05, 0) is 59.7 Å². The van der Waals surface area contributed by atoms with Crippen LogP contribution in [0.2, 0.25) is 10.0 Å². The maximum atomic E-state index is 12.4. The molecule has 0 heterocycles. The number of rotatable bonds is 6. The molecule has 0 fully saturated rings. The molecule has 0 saturated carbocycles. The first kappa shape index (κ1) is 21.9. The molecule has 0 bridgehead atoms. The molecule has 3 aromatic carbocycles. The van der Waals surface area contributed by atoms with Crippen LogP contribution >= 0.6 is 39.1 Å². The van der Waals surface area contributed by atoms with Gasteiger partial charge >= 0.3 is 0 Å². The fourth-order valence-corrected chi connectivity index (χ4v) is 3.11. The van der Waals surface area contributed by atoms with Crippen molar-refractivity contribution in [1.29, 1.82) is 5.26 Å². The highest BCUT2D eigenvalue weighted by atomic mass is 79.9. The molecule has 4 nitrogen and oxygen atoms in total. The SMILES string of the molecule is N#C/C(=C\c1ccc(OCc2ccc(Br)cc2)cc1)C(=O)Nc1cc(Cl)ccc1Cl. The number of halogens is 3. The summed E-state index contributed by atoms with van der Waals surface area (Å²) in [5, 5.41) is 12.7. The Kier molecular flexibility index (Phi) is 7.53. The van der Waals surface area contributed by atoms with Crippen molar-refractivity contribution in [3.05, 3.63) is 97.9 Å². The Hall–Kier alpha value is -2.78. The number of nitrogens with zero attached hydrogens (tertiary/aromatic N) is 1. The van der Waals surface area contributed by atoms with Crippen molar-refractivity contribution < 1.29 is 9.53 Å². The van der Waals surface area contributed by atoms with E-state index in [1.807, 2.05) is 30.3 Å². The standard InChI is InChI=1S/C23H15BrCl2N2O2/c24-18-5-1-16(2-6-18)14-30-20-8-3-15(4-9-20)11-17(13-27)23(29)28-22-12-19(25)7-10-21(22)26/h1-12H,14H2,(H,28,29)/b17-11+. The highest BCUT2D eigenvalue weighted by Crippen LogP contribution is 2.26. The van der Waals surface area contributed by atoms with Gasteiger partial charge in [-0.3, -0.25) is 4.79 Å². The minimum absolute atomic E-state index is 0.0606. The lowest BCUT2D eigenvalue weighted by Gasteiger charge is -2.08. The van der Waals surface area contributed by atoms with Gasteiger partial charge in [0.1, 0.15) is 24.0 Å². The van der Waals surface area contributed by atoms with E-state index in [9.17, 15) is 10.1 Å². The average Bonchev–Trinajstić information content (AvgIpc) is 2.75. The van der Waals surface area contributed by atoms with Crippen LogP contribution in [-0.4, -0.2) is 5.91 Å². The number of ether oxygens (including phenoxy) is 1. The zero-order valence-corrected chi connectivity index (χ0v) is 18.6. The fraction of sp³-hybridized carbons (Fsp3) is 0.0435. The third kappa shape index (κ3) is 6.11. The number of hydrogen-bond acceptors (Lipinski definition) is 3. The van der Waals surface area contributed by atoms with Crippen molar-refractivity contribution in [3.8, 4) is 11.8 Å². The lowest BCUT2D eigenvalue weighted by Crippen LogP contribution is -2.13. The van der Waals surface area contributed by atoms with E-state index >= 15 is 0 Å². The smallest absolute Gasteiger partial charge is 0.266 e. The second-order valence-electron chi connectivity index (χ2n) is 6.23. The van der Waals surface area contributed by atoms with Gasteiger partial charge in [0, 0.05) is 9.50 Å². The van der Waals surface area contributed by atoms with Gasteiger partial charge in [0.25, 0.3) is 5.91 Å². The Morgan fingerprint density at radius 2 is 1.77 bits per heavy atom. The molecule has 0 aliphatic carbocycles. The van der Waals surface area contributed by atoms with Crippen LogP contribution in [-0.2, 0) is 11.4 Å². The maximum Gasteiger partial charge on any atom is 0.266 e. The summed E-state index contributed by atoms with van der Waals surface area (Å²) in [4.78, 5) is 12.4. The third-order valence-electron chi connectivity index (χ3n) is 4.05. The first-order chi connectivity index (χ1) is 14.4. The number of benzene rings is 3. The monoisotopic (exact) mass is 500 g/mol. The highest BCUT2D eigenvalue weighted by molar-refractivity contribution is 9.10. The normalized spacial score (nSPS) is 10.9. The van der Waals surface area contributed by atoms with E-state index in [1.54, 1.807) is 36.4 Å². The van der Waals surface area contributed by atoms with Gasteiger partial charge < -0.3 is 10.1 Å². The summed E-state index contributed by atoms with van der Waals surface area (Å²) in [5.41, 5.74) is 2.02. The molecule has 30 heavy (non-hydrogen) atoms. The van der Waals surface area contributed by atoms with Crippen LogP contribution < -0.4 is 10.1 Å². The van der Waals surface area contributed by atoms with Crippen LogP contribution in [0.25, 0.3) is 6.08 Å². The van der Waals surface area contributed by atoms with Gasteiger partial charge in [0.15, 0.2) is 0 Å². The van der Waals surface area contributed by atoms with Crippen LogP contribution in [0.4, 0.5) is 5.69 Å².